The Morgan fingerprint density at radius 3 is 1.42 bits per heavy atom. The van der Waals surface area contributed by atoms with Gasteiger partial charge in [0.05, 0.1) is 6.04 Å². The molecule has 0 unspecified atom stereocenters. The minimum absolute atomic E-state index is 0.0337. The van der Waals surface area contributed by atoms with Gasteiger partial charge in [0, 0.05) is 59.2 Å². The Hall–Kier alpha value is -7.19. The van der Waals surface area contributed by atoms with E-state index in [1.54, 1.807) is 42.7 Å². The number of thiol groups is 1. The molecule has 0 aliphatic heterocycles. The number of benzene rings is 3. The van der Waals surface area contributed by atoms with Crippen molar-refractivity contribution in [3.05, 3.63) is 108 Å². The quantitative estimate of drug-likeness (QED) is 0.0360. The molecule has 0 spiro atoms. The Bertz CT molecular complexity index is 2690. The molecule has 7 amide bonds. The Balaban J connectivity index is 1.33. The van der Waals surface area contributed by atoms with Crippen LogP contribution in [0.3, 0.4) is 0 Å². The van der Waals surface area contributed by atoms with Crippen LogP contribution in [0.1, 0.15) is 71.1 Å². The van der Waals surface area contributed by atoms with Crippen molar-refractivity contribution in [1.82, 2.24) is 47.2 Å². The number of para-hydroxylation sites is 2. The number of H-pyrrole nitrogens is 2. The van der Waals surface area contributed by atoms with Crippen molar-refractivity contribution < 1.29 is 43.5 Å². The molecule has 12 N–H and O–H groups in total. The second-order valence-corrected chi connectivity index (χ2v) is 19.3. The molecule has 0 aliphatic carbocycles. The average molecular weight is 1010 g/mol. The van der Waals surface area contributed by atoms with E-state index < -0.39 is 95.7 Å². The van der Waals surface area contributed by atoms with Gasteiger partial charge in [-0.05, 0) is 67.3 Å². The third kappa shape index (κ3) is 15.9. The molecule has 0 fully saturated rings. The summed E-state index contributed by atoms with van der Waals surface area (Å²) in [7, 11) is 0. The van der Waals surface area contributed by atoms with Gasteiger partial charge in [-0.25, -0.2) is 4.79 Å². The molecular formula is C52H68N10O9S. The number of nitrogens with two attached hydrogens (primary N) is 1. The fraction of sp³-hybridized carbons (Fsp3) is 0.423. The lowest BCUT2D eigenvalue weighted by Gasteiger charge is -2.27. The third-order valence-corrected chi connectivity index (χ3v) is 12.4. The standard InChI is InChI=1S/C52H68N10O9S/c1-28(2)20-37(53)47(65)57-30(5)45(63)56-31(6)46(64)58-42(23-33-25-54-38-18-12-10-16-35(33)38)50(68)60-41(22-32-14-8-7-9-15-32)49(67)62-44(27-72)51(69)59-40(21-29(3)4)48(66)61-43(52(70)71)24-34-26-55-39-19-13-11-17-36(34)39/h7-19,25-26,28-31,37,40-44,54-55,72H,20-24,27,53H2,1-6H3,(H,56,63)(H,57,65)(H,58,64)(H,59,69)(H,60,68)(H,61,66)(H,62,67)(H,70,71)/t30-,31-,37-,40-,41-,42-,43-,44-/m0/s1. The van der Waals surface area contributed by atoms with Gasteiger partial charge >= 0.3 is 5.97 Å². The van der Waals surface area contributed by atoms with Crippen molar-refractivity contribution in [1.29, 1.82) is 0 Å². The zero-order chi connectivity index (χ0) is 52.6. The van der Waals surface area contributed by atoms with Gasteiger partial charge in [-0.1, -0.05) is 94.4 Å². The van der Waals surface area contributed by atoms with E-state index in [1.807, 2.05) is 76.2 Å². The highest BCUT2D eigenvalue weighted by Gasteiger charge is 2.34. The number of aliphatic carboxylic acids is 1. The molecule has 0 saturated carbocycles. The van der Waals surface area contributed by atoms with E-state index in [4.69, 9.17) is 5.73 Å². The van der Waals surface area contributed by atoms with E-state index in [0.29, 0.717) is 23.1 Å². The molecule has 0 radical (unpaired) electrons. The van der Waals surface area contributed by atoms with Crippen molar-refractivity contribution in [2.75, 3.05) is 5.75 Å². The minimum atomic E-state index is -1.33. The molecule has 0 aliphatic rings. The zero-order valence-corrected chi connectivity index (χ0v) is 42.3. The van der Waals surface area contributed by atoms with Crippen molar-refractivity contribution in [2.24, 2.45) is 17.6 Å². The number of fused-ring (bicyclic) bond motifs is 2. The Kier molecular flexibility index (Phi) is 20.4. The summed E-state index contributed by atoms with van der Waals surface area (Å²) in [4.78, 5) is 115. The van der Waals surface area contributed by atoms with Crippen LogP contribution >= 0.6 is 12.6 Å². The maximum Gasteiger partial charge on any atom is 0.326 e. The second-order valence-electron chi connectivity index (χ2n) is 19.0. The summed E-state index contributed by atoms with van der Waals surface area (Å²) >= 11 is 4.36. The molecule has 72 heavy (non-hydrogen) atoms. The van der Waals surface area contributed by atoms with Crippen molar-refractivity contribution >= 4 is 81.8 Å². The van der Waals surface area contributed by atoms with E-state index in [2.05, 4.69) is 59.8 Å². The molecule has 19 nitrogen and oxygen atoms in total. The van der Waals surface area contributed by atoms with E-state index in [1.165, 1.54) is 13.8 Å². The maximum absolute atomic E-state index is 14.5. The van der Waals surface area contributed by atoms with Gasteiger partial charge in [0.2, 0.25) is 41.4 Å². The van der Waals surface area contributed by atoms with Crippen LogP contribution in [0.5, 0.6) is 0 Å². The molecule has 0 saturated heterocycles. The van der Waals surface area contributed by atoms with Crippen LogP contribution in [0.2, 0.25) is 0 Å². The van der Waals surface area contributed by atoms with Crippen molar-refractivity contribution in [3.8, 4) is 0 Å². The number of hydrogen-bond acceptors (Lipinski definition) is 10. The predicted molar refractivity (Wildman–Crippen MR) is 277 cm³/mol. The van der Waals surface area contributed by atoms with Gasteiger partial charge in [-0.15, -0.1) is 0 Å². The molecule has 2 heterocycles. The minimum Gasteiger partial charge on any atom is -0.480 e. The number of rotatable bonds is 26. The first kappa shape index (κ1) is 55.7. The number of aromatic amines is 2. The summed E-state index contributed by atoms with van der Waals surface area (Å²) in [5.41, 5.74) is 9.58. The van der Waals surface area contributed by atoms with E-state index >= 15 is 0 Å². The monoisotopic (exact) mass is 1010 g/mol. The summed E-state index contributed by atoms with van der Waals surface area (Å²) in [6.07, 6.45) is 3.81. The molecule has 20 heteroatoms. The predicted octanol–water partition coefficient (Wildman–Crippen LogP) is 2.54. The van der Waals surface area contributed by atoms with Gasteiger partial charge in [-0.2, -0.15) is 12.6 Å². The summed E-state index contributed by atoms with van der Waals surface area (Å²) < 4.78 is 0. The lowest BCUT2D eigenvalue weighted by atomic mass is 10.0. The number of carboxylic acids is 1. The lowest BCUT2D eigenvalue weighted by molar-refractivity contribution is -0.142. The number of carbonyl (C=O) groups excluding carboxylic acids is 7. The largest absolute Gasteiger partial charge is 0.480 e. The molecule has 5 aromatic rings. The van der Waals surface area contributed by atoms with E-state index in [9.17, 15) is 43.5 Å². The van der Waals surface area contributed by atoms with Crippen LogP contribution in [0, 0.1) is 11.8 Å². The van der Waals surface area contributed by atoms with Crippen LogP contribution in [0.15, 0.2) is 91.3 Å². The van der Waals surface area contributed by atoms with Crippen LogP contribution in [-0.2, 0) is 57.6 Å². The fourth-order valence-corrected chi connectivity index (χ4v) is 8.45. The first-order chi connectivity index (χ1) is 34.2. The first-order valence-electron chi connectivity index (χ1n) is 24.1. The van der Waals surface area contributed by atoms with E-state index in [0.717, 1.165) is 21.8 Å². The number of amides is 7. The number of hydrogen-bond donors (Lipinski definition) is 12. The molecule has 3 aromatic carbocycles. The van der Waals surface area contributed by atoms with Gasteiger partial charge in [0.1, 0.15) is 42.3 Å². The Morgan fingerprint density at radius 2 is 0.889 bits per heavy atom. The Morgan fingerprint density at radius 1 is 0.486 bits per heavy atom. The van der Waals surface area contributed by atoms with Crippen LogP contribution < -0.4 is 43.0 Å². The number of aromatic nitrogens is 2. The van der Waals surface area contributed by atoms with Crippen molar-refractivity contribution in [2.45, 2.75) is 122 Å². The highest BCUT2D eigenvalue weighted by atomic mass is 32.1. The number of carboxylic acid groups (broad SMARTS) is 1. The summed E-state index contributed by atoms with van der Waals surface area (Å²) in [5.74, 6) is -6.44. The maximum atomic E-state index is 14.5. The normalized spacial score (nSPS) is 14.8. The van der Waals surface area contributed by atoms with Crippen LogP contribution in [0.25, 0.3) is 21.8 Å². The first-order valence-corrected chi connectivity index (χ1v) is 24.7. The van der Waals surface area contributed by atoms with Gasteiger partial charge in [-0.3, -0.25) is 33.6 Å². The zero-order valence-electron chi connectivity index (χ0n) is 41.4. The van der Waals surface area contributed by atoms with Crippen LogP contribution in [-0.4, -0.2) is 116 Å². The van der Waals surface area contributed by atoms with E-state index in [-0.39, 0.29) is 43.3 Å². The SMILES string of the molecule is CC(C)C[C@H](NC(=O)[C@H](CS)NC(=O)[C@H](Cc1ccccc1)NC(=O)[C@H](Cc1c[nH]c2ccccc12)NC(=O)[C@H](C)NC(=O)[C@H](C)NC(=O)[C@@H](N)CC(C)C)C(=O)N[C@@H](Cc1c[nH]c2ccccc12)C(=O)O. The third-order valence-electron chi connectivity index (χ3n) is 12.1. The van der Waals surface area contributed by atoms with Crippen molar-refractivity contribution in [3.63, 3.8) is 0 Å². The summed E-state index contributed by atoms with van der Waals surface area (Å²) in [5, 5.41) is 30.4. The van der Waals surface area contributed by atoms with Gasteiger partial charge in [0.15, 0.2) is 0 Å². The molecule has 386 valence electrons. The lowest BCUT2D eigenvalue weighted by Crippen LogP contribution is -2.60. The fourth-order valence-electron chi connectivity index (χ4n) is 8.20. The smallest absolute Gasteiger partial charge is 0.326 e. The molecular weight excluding hydrogens is 941 g/mol. The number of nitrogens with one attached hydrogen (secondary N) is 9. The summed E-state index contributed by atoms with van der Waals surface area (Å²) in [6, 6.07) is 14.0. The van der Waals surface area contributed by atoms with Gasteiger partial charge in [0.25, 0.3) is 0 Å². The second kappa shape index (κ2) is 26.3. The number of carbonyl (C=O) groups is 8. The Labute approximate surface area is 424 Å². The molecule has 5 rings (SSSR count). The highest BCUT2D eigenvalue weighted by Crippen LogP contribution is 2.21. The van der Waals surface area contributed by atoms with Gasteiger partial charge < -0.3 is 58.0 Å². The molecule has 8 atom stereocenters. The van der Waals surface area contributed by atoms with Crippen LogP contribution in [0.4, 0.5) is 0 Å². The average Bonchev–Trinajstić information content (AvgIpc) is 3.95. The summed E-state index contributed by atoms with van der Waals surface area (Å²) in [6.45, 7) is 10.4. The molecule has 2 aromatic heterocycles. The highest BCUT2D eigenvalue weighted by molar-refractivity contribution is 7.80. The topological polar surface area (TPSA) is 299 Å². The molecule has 0 bridgehead atoms.